The summed E-state index contributed by atoms with van der Waals surface area (Å²) in [6, 6.07) is 9.90. The minimum absolute atomic E-state index is 0.110. The first kappa shape index (κ1) is 13.1. The monoisotopic (exact) mass is 270 g/mol. The zero-order valence-electron chi connectivity index (χ0n) is 11.6. The van der Waals surface area contributed by atoms with Gasteiger partial charge in [0.05, 0.1) is 5.69 Å². The van der Waals surface area contributed by atoms with Crippen LogP contribution >= 0.6 is 0 Å². The van der Waals surface area contributed by atoms with Crippen molar-refractivity contribution in [3.05, 3.63) is 41.6 Å². The minimum atomic E-state index is -0.110. The van der Waals surface area contributed by atoms with Gasteiger partial charge in [0.15, 0.2) is 12.5 Å². The molecular formula is C16H18N2O2. The van der Waals surface area contributed by atoms with E-state index in [0.29, 0.717) is 5.69 Å². The van der Waals surface area contributed by atoms with Crippen LogP contribution in [-0.4, -0.2) is 22.7 Å². The summed E-state index contributed by atoms with van der Waals surface area (Å²) < 4.78 is 7.46. The van der Waals surface area contributed by atoms with Crippen LogP contribution in [0.3, 0.4) is 0 Å². The summed E-state index contributed by atoms with van der Waals surface area (Å²) in [5, 5.41) is 4.60. The van der Waals surface area contributed by atoms with E-state index < -0.39 is 0 Å². The van der Waals surface area contributed by atoms with Crippen molar-refractivity contribution in [3.63, 3.8) is 0 Å². The summed E-state index contributed by atoms with van der Waals surface area (Å²) in [5.41, 5.74) is 3.62. The van der Waals surface area contributed by atoms with E-state index in [-0.39, 0.29) is 6.23 Å². The van der Waals surface area contributed by atoms with Gasteiger partial charge in [-0.3, -0.25) is 4.79 Å². The molecule has 1 aliphatic heterocycles. The van der Waals surface area contributed by atoms with Crippen LogP contribution in [0.5, 0.6) is 0 Å². The molecule has 0 amide bonds. The van der Waals surface area contributed by atoms with Gasteiger partial charge in [0.1, 0.15) is 5.69 Å². The molecule has 2 aromatic rings. The number of ether oxygens (including phenoxy) is 1. The molecule has 2 heterocycles. The average Bonchev–Trinajstić information content (AvgIpc) is 2.92. The van der Waals surface area contributed by atoms with Crippen molar-refractivity contribution in [1.29, 1.82) is 0 Å². The molecule has 1 aromatic heterocycles. The van der Waals surface area contributed by atoms with E-state index in [1.165, 1.54) is 0 Å². The van der Waals surface area contributed by atoms with Crippen LogP contribution in [0.2, 0.25) is 0 Å². The molecule has 1 atom stereocenters. The van der Waals surface area contributed by atoms with E-state index in [2.05, 4.69) is 5.10 Å². The Labute approximate surface area is 118 Å². The lowest BCUT2D eigenvalue weighted by molar-refractivity contribution is -0.0401. The van der Waals surface area contributed by atoms with E-state index in [0.717, 1.165) is 49.0 Å². The van der Waals surface area contributed by atoms with Crippen molar-refractivity contribution in [2.45, 2.75) is 32.4 Å². The van der Waals surface area contributed by atoms with E-state index in [1.54, 1.807) is 4.68 Å². The van der Waals surface area contributed by atoms with Crippen molar-refractivity contribution in [1.82, 2.24) is 9.78 Å². The smallest absolute Gasteiger partial charge is 0.168 e. The van der Waals surface area contributed by atoms with Gasteiger partial charge >= 0.3 is 0 Å². The van der Waals surface area contributed by atoms with Crippen LogP contribution in [0.4, 0.5) is 0 Å². The Balaban J connectivity index is 2.00. The number of nitrogens with zero attached hydrogens (tertiary/aromatic N) is 2. The van der Waals surface area contributed by atoms with Crippen molar-refractivity contribution < 1.29 is 9.53 Å². The first-order valence-corrected chi connectivity index (χ1v) is 7.02. The molecule has 1 saturated heterocycles. The molecule has 0 bridgehead atoms. The lowest BCUT2D eigenvalue weighted by Gasteiger charge is -2.23. The number of aryl methyl sites for hydroxylation is 1. The third-order valence-corrected chi connectivity index (χ3v) is 3.73. The van der Waals surface area contributed by atoms with Crippen LogP contribution in [-0.2, 0) is 4.74 Å². The number of rotatable bonds is 3. The van der Waals surface area contributed by atoms with Crippen LogP contribution < -0.4 is 0 Å². The largest absolute Gasteiger partial charge is 0.356 e. The number of aldehydes is 1. The van der Waals surface area contributed by atoms with E-state index >= 15 is 0 Å². The maximum Gasteiger partial charge on any atom is 0.168 e. The number of hydrogen-bond acceptors (Lipinski definition) is 3. The zero-order valence-corrected chi connectivity index (χ0v) is 11.6. The highest BCUT2D eigenvalue weighted by Crippen LogP contribution is 2.27. The molecule has 1 fully saturated rings. The highest BCUT2D eigenvalue weighted by Gasteiger charge is 2.21. The molecule has 20 heavy (non-hydrogen) atoms. The predicted octanol–water partition coefficient (Wildman–Crippen LogP) is 3.37. The van der Waals surface area contributed by atoms with E-state index in [1.807, 2.05) is 37.3 Å². The van der Waals surface area contributed by atoms with Crippen molar-refractivity contribution >= 4 is 6.29 Å². The van der Waals surface area contributed by atoms with Gasteiger partial charge in [-0.05, 0) is 37.8 Å². The molecule has 0 saturated carbocycles. The number of carbonyl (C=O) groups is 1. The summed E-state index contributed by atoms with van der Waals surface area (Å²) in [4.78, 5) is 11.3. The van der Waals surface area contributed by atoms with Crippen LogP contribution in [0.15, 0.2) is 30.3 Å². The third-order valence-electron chi connectivity index (χ3n) is 3.73. The predicted molar refractivity (Wildman–Crippen MR) is 76.6 cm³/mol. The molecule has 104 valence electrons. The van der Waals surface area contributed by atoms with Gasteiger partial charge in [0.2, 0.25) is 0 Å². The fourth-order valence-corrected chi connectivity index (χ4v) is 2.64. The summed E-state index contributed by atoms with van der Waals surface area (Å²) >= 11 is 0. The minimum Gasteiger partial charge on any atom is -0.356 e. The van der Waals surface area contributed by atoms with Gasteiger partial charge in [-0.25, -0.2) is 4.68 Å². The molecule has 1 unspecified atom stereocenters. The van der Waals surface area contributed by atoms with Crippen LogP contribution in [0.25, 0.3) is 11.3 Å². The van der Waals surface area contributed by atoms with Gasteiger partial charge in [-0.2, -0.15) is 5.10 Å². The Morgan fingerprint density at radius 1 is 1.35 bits per heavy atom. The number of benzene rings is 1. The Morgan fingerprint density at radius 3 is 2.90 bits per heavy atom. The molecule has 4 heteroatoms. The highest BCUT2D eigenvalue weighted by molar-refractivity contribution is 5.76. The van der Waals surface area contributed by atoms with Gasteiger partial charge in [-0.1, -0.05) is 24.3 Å². The molecule has 0 N–H and O–H groups in total. The topological polar surface area (TPSA) is 44.1 Å². The molecule has 0 spiro atoms. The number of hydrogen-bond donors (Lipinski definition) is 0. The Kier molecular flexibility index (Phi) is 3.65. The van der Waals surface area contributed by atoms with Crippen LogP contribution in [0, 0.1) is 6.92 Å². The normalized spacial score (nSPS) is 18.9. The standard InChI is InChI=1S/C16H18N2O2/c1-12-6-2-3-7-14(12)15-10-13(11-19)18(17-15)16-8-4-5-9-20-16/h2-3,6-7,10-11,16H,4-5,8-9H2,1H3. The molecule has 0 radical (unpaired) electrons. The fraction of sp³-hybridized carbons (Fsp3) is 0.375. The van der Waals surface area contributed by atoms with Crippen molar-refractivity contribution in [3.8, 4) is 11.3 Å². The summed E-state index contributed by atoms with van der Waals surface area (Å²) in [6.07, 6.45) is 3.85. The first-order chi connectivity index (χ1) is 9.79. The quantitative estimate of drug-likeness (QED) is 0.803. The summed E-state index contributed by atoms with van der Waals surface area (Å²) in [7, 11) is 0. The lowest BCUT2D eigenvalue weighted by Crippen LogP contribution is -2.20. The molecule has 3 rings (SSSR count). The van der Waals surface area contributed by atoms with E-state index in [9.17, 15) is 4.79 Å². The molecule has 1 aliphatic rings. The lowest BCUT2D eigenvalue weighted by atomic mass is 10.1. The molecular weight excluding hydrogens is 252 g/mol. The molecule has 1 aromatic carbocycles. The molecule has 0 aliphatic carbocycles. The number of aromatic nitrogens is 2. The highest BCUT2D eigenvalue weighted by atomic mass is 16.5. The zero-order chi connectivity index (χ0) is 13.9. The second-order valence-corrected chi connectivity index (χ2v) is 5.15. The van der Waals surface area contributed by atoms with Gasteiger partial charge < -0.3 is 4.74 Å². The maximum atomic E-state index is 11.3. The Bertz CT molecular complexity index is 613. The van der Waals surface area contributed by atoms with Crippen LogP contribution in [0.1, 0.15) is 41.5 Å². The second kappa shape index (κ2) is 5.59. The van der Waals surface area contributed by atoms with E-state index in [4.69, 9.17) is 4.74 Å². The number of carbonyl (C=O) groups excluding carboxylic acids is 1. The summed E-state index contributed by atoms with van der Waals surface area (Å²) in [5.74, 6) is 0. The SMILES string of the molecule is Cc1ccccc1-c1cc(C=O)n(C2CCCCO2)n1. The fourth-order valence-electron chi connectivity index (χ4n) is 2.64. The average molecular weight is 270 g/mol. The first-order valence-electron chi connectivity index (χ1n) is 7.02. The second-order valence-electron chi connectivity index (χ2n) is 5.15. The van der Waals surface area contributed by atoms with Crippen molar-refractivity contribution in [2.75, 3.05) is 6.61 Å². The third kappa shape index (κ3) is 2.39. The molecule has 4 nitrogen and oxygen atoms in total. The van der Waals surface area contributed by atoms with Crippen molar-refractivity contribution in [2.24, 2.45) is 0 Å². The summed E-state index contributed by atoms with van der Waals surface area (Å²) in [6.45, 7) is 2.79. The Hall–Kier alpha value is -1.94. The van der Waals surface area contributed by atoms with Gasteiger partial charge in [0.25, 0.3) is 0 Å². The Morgan fingerprint density at radius 2 is 2.20 bits per heavy atom. The van der Waals surface area contributed by atoms with Gasteiger partial charge in [0, 0.05) is 12.2 Å². The van der Waals surface area contributed by atoms with Gasteiger partial charge in [-0.15, -0.1) is 0 Å². The maximum absolute atomic E-state index is 11.3.